The van der Waals surface area contributed by atoms with E-state index in [4.69, 9.17) is 18.9 Å². The molecule has 13 nitrogen and oxygen atoms in total. The monoisotopic (exact) mass is 655 g/mol. The third kappa shape index (κ3) is 7.04. The van der Waals surface area contributed by atoms with E-state index in [1.54, 1.807) is 61.5 Å². The van der Waals surface area contributed by atoms with Crippen LogP contribution in [-0.2, 0) is 29.6 Å². The maximum atomic E-state index is 13.7. The molecular formula is C35H37N5O8. The van der Waals surface area contributed by atoms with Crippen LogP contribution in [0.25, 0.3) is 10.9 Å². The van der Waals surface area contributed by atoms with Crippen LogP contribution in [0.2, 0.25) is 0 Å². The number of benzene rings is 3. The van der Waals surface area contributed by atoms with Crippen molar-refractivity contribution in [3.8, 4) is 23.0 Å². The van der Waals surface area contributed by atoms with Crippen molar-refractivity contribution in [1.82, 2.24) is 25.1 Å². The van der Waals surface area contributed by atoms with Gasteiger partial charge in [-0.3, -0.25) is 19.2 Å². The number of aromatic nitrogens is 2. The number of likely N-dealkylation sites (tertiary alicyclic amines) is 1. The fourth-order valence-corrected chi connectivity index (χ4v) is 5.96. The molecule has 1 saturated heterocycles. The number of carbonyl (C=O) groups excluding carboxylic acids is 3. The van der Waals surface area contributed by atoms with E-state index in [2.05, 4.69) is 15.6 Å². The summed E-state index contributed by atoms with van der Waals surface area (Å²) in [6, 6.07) is 15.0. The van der Waals surface area contributed by atoms with Crippen molar-refractivity contribution in [2.75, 3.05) is 33.9 Å². The van der Waals surface area contributed by atoms with Gasteiger partial charge in [-0.05, 0) is 54.4 Å². The lowest BCUT2D eigenvalue weighted by atomic mass is 10.00. The topological polar surface area (TPSA) is 150 Å². The van der Waals surface area contributed by atoms with E-state index in [1.165, 1.54) is 18.0 Å². The Kier molecular flexibility index (Phi) is 9.46. The molecule has 48 heavy (non-hydrogen) atoms. The second-order valence-electron chi connectivity index (χ2n) is 11.8. The van der Waals surface area contributed by atoms with Gasteiger partial charge in [0.1, 0.15) is 17.6 Å². The highest BCUT2D eigenvalue weighted by atomic mass is 16.5. The number of aryl methyl sites for hydroxylation is 2. The molecule has 2 atom stereocenters. The summed E-state index contributed by atoms with van der Waals surface area (Å²) >= 11 is 0. The second-order valence-corrected chi connectivity index (χ2v) is 11.8. The van der Waals surface area contributed by atoms with E-state index in [9.17, 15) is 19.2 Å². The zero-order chi connectivity index (χ0) is 33.8. The predicted molar refractivity (Wildman–Crippen MR) is 176 cm³/mol. The van der Waals surface area contributed by atoms with Crippen LogP contribution in [0, 0.1) is 0 Å². The lowest BCUT2D eigenvalue weighted by Gasteiger charge is -2.39. The Morgan fingerprint density at radius 3 is 2.60 bits per heavy atom. The van der Waals surface area contributed by atoms with E-state index in [1.807, 2.05) is 12.1 Å². The van der Waals surface area contributed by atoms with Gasteiger partial charge in [0.05, 0.1) is 37.5 Å². The van der Waals surface area contributed by atoms with E-state index in [0.717, 1.165) is 11.1 Å². The van der Waals surface area contributed by atoms with Gasteiger partial charge < -0.3 is 39.0 Å². The van der Waals surface area contributed by atoms with Gasteiger partial charge in [0.25, 0.3) is 17.4 Å². The van der Waals surface area contributed by atoms with Crippen molar-refractivity contribution in [2.45, 2.75) is 38.0 Å². The first-order valence-electron chi connectivity index (χ1n) is 15.7. The number of ether oxygens (including phenoxy) is 4. The quantitative estimate of drug-likeness (QED) is 0.339. The van der Waals surface area contributed by atoms with Crippen molar-refractivity contribution < 1.29 is 33.3 Å². The van der Waals surface area contributed by atoms with Crippen molar-refractivity contribution in [2.24, 2.45) is 7.05 Å². The highest BCUT2D eigenvalue weighted by Crippen LogP contribution is 2.30. The number of hydrogen-bond donors (Lipinski definition) is 2. The summed E-state index contributed by atoms with van der Waals surface area (Å²) in [5.41, 5.74) is 2.24. The zero-order valence-corrected chi connectivity index (χ0v) is 27.0. The summed E-state index contributed by atoms with van der Waals surface area (Å²) in [7, 11) is 4.68. The van der Waals surface area contributed by atoms with Gasteiger partial charge >= 0.3 is 0 Å². The molecule has 4 heterocycles. The Labute approximate surface area is 276 Å². The Balaban J connectivity index is 1.27. The summed E-state index contributed by atoms with van der Waals surface area (Å²) in [6.45, 7) is 0.486. The van der Waals surface area contributed by atoms with Gasteiger partial charge in [-0.25, -0.2) is 4.98 Å². The fourth-order valence-electron chi connectivity index (χ4n) is 5.96. The molecule has 1 fully saturated rings. The molecule has 3 aromatic carbocycles. The molecule has 4 bridgehead atoms. The normalized spacial score (nSPS) is 18.6. The molecule has 0 saturated carbocycles. The number of carbonyl (C=O) groups is 3. The number of fused-ring (bicyclic) bond motifs is 10. The van der Waals surface area contributed by atoms with Crippen LogP contribution in [0.4, 0.5) is 0 Å². The van der Waals surface area contributed by atoms with Crippen molar-refractivity contribution in [3.63, 3.8) is 0 Å². The minimum absolute atomic E-state index is 0.124. The molecule has 2 N–H and O–H groups in total. The first-order chi connectivity index (χ1) is 23.2. The molecule has 0 aliphatic carbocycles. The van der Waals surface area contributed by atoms with Crippen molar-refractivity contribution in [1.29, 1.82) is 0 Å². The Hall–Kier alpha value is -5.59. The van der Waals surface area contributed by atoms with E-state index < -0.39 is 18.1 Å². The van der Waals surface area contributed by atoms with Gasteiger partial charge in [-0.1, -0.05) is 6.07 Å². The molecule has 3 aliphatic rings. The highest BCUT2D eigenvalue weighted by Gasteiger charge is 2.35. The van der Waals surface area contributed by atoms with E-state index in [0.29, 0.717) is 58.9 Å². The van der Waals surface area contributed by atoms with Crippen LogP contribution in [0.5, 0.6) is 23.0 Å². The average molecular weight is 656 g/mol. The van der Waals surface area contributed by atoms with Crippen LogP contribution in [0.1, 0.15) is 34.3 Å². The van der Waals surface area contributed by atoms with E-state index >= 15 is 0 Å². The van der Waals surface area contributed by atoms with Crippen LogP contribution in [0.15, 0.2) is 65.7 Å². The number of hydrogen-bond acceptors (Lipinski definition) is 9. The molecule has 250 valence electrons. The highest BCUT2D eigenvalue weighted by molar-refractivity contribution is 5.97. The van der Waals surface area contributed by atoms with Gasteiger partial charge in [0.2, 0.25) is 5.91 Å². The lowest BCUT2D eigenvalue weighted by Crippen LogP contribution is -2.58. The van der Waals surface area contributed by atoms with Crippen LogP contribution < -0.4 is 35.1 Å². The fraction of sp³-hybridized carbons (Fsp3) is 0.343. The third-order valence-corrected chi connectivity index (χ3v) is 8.60. The van der Waals surface area contributed by atoms with Crippen LogP contribution >= 0.6 is 0 Å². The molecule has 0 unspecified atom stereocenters. The third-order valence-electron chi connectivity index (χ3n) is 8.60. The average Bonchev–Trinajstić information content (AvgIpc) is 3.10. The summed E-state index contributed by atoms with van der Waals surface area (Å²) in [5.74, 6) is 1.10. The van der Waals surface area contributed by atoms with Gasteiger partial charge in [-0.2, -0.15) is 0 Å². The Bertz CT molecular complexity index is 1930. The van der Waals surface area contributed by atoms with Crippen molar-refractivity contribution >= 4 is 28.6 Å². The standard InChI is InChI=1S/C35H37N5O8/c1-39-20-37-26-15-22(7-9-25(26)35(39)44)34(43)40-13-12-28-27(18-40)38-33(42)19-47-31-14-21(4-10-29(31)45-2)5-11-32(41)36-17-23-6-8-24(48-28)16-30(23)46-3/h4,6-10,14-16,20,27-28H,5,11-13,17-19H2,1-3H3,(H,36,41)(H,38,42)/t27-,28+/m1/s1. The number of nitrogens with zero attached hydrogens (tertiary/aromatic N) is 3. The number of methoxy groups -OCH3 is 2. The minimum atomic E-state index is -0.593. The predicted octanol–water partition coefficient (Wildman–Crippen LogP) is 2.37. The molecule has 1 aromatic heterocycles. The molecule has 4 aromatic rings. The largest absolute Gasteiger partial charge is 0.496 e. The molecule has 7 rings (SSSR count). The lowest BCUT2D eigenvalue weighted by molar-refractivity contribution is -0.125. The number of piperidine rings is 1. The summed E-state index contributed by atoms with van der Waals surface area (Å²) < 4.78 is 24.7. The molecule has 13 heteroatoms. The molecule has 3 amide bonds. The van der Waals surface area contributed by atoms with Crippen LogP contribution in [-0.4, -0.2) is 78.2 Å². The van der Waals surface area contributed by atoms with Gasteiger partial charge in [0.15, 0.2) is 18.1 Å². The number of rotatable bonds is 3. The smallest absolute Gasteiger partial charge is 0.260 e. The minimum Gasteiger partial charge on any atom is -0.496 e. The summed E-state index contributed by atoms with van der Waals surface area (Å²) in [4.78, 5) is 58.2. The summed E-state index contributed by atoms with van der Waals surface area (Å²) in [6.07, 6.45) is 2.06. The summed E-state index contributed by atoms with van der Waals surface area (Å²) in [5, 5.41) is 6.38. The number of nitrogens with one attached hydrogen (secondary N) is 2. The molecule has 0 spiro atoms. The molecule has 0 radical (unpaired) electrons. The van der Waals surface area contributed by atoms with Gasteiger partial charge in [0, 0.05) is 56.7 Å². The molecule has 3 aliphatic heterocycles. The van der Waals surface area contributed by atoms with Gasteiger partial charge in [-0.15, -0.1) is 0 Å². The Morgan fingerprint density at radius 2 is 1.79 bits per heavy atom. The van der Waals surface area contributed by atoms with Crippen LogP contribution in [0.3, 0.4) is 0 Å². The zero-order valence-electron chi connectivity index (χ0n) is 27.0. The van der Waals surface area contributed by atoms with Crippen molar-refractivity contribution in [3.05, 3.63) is 88.0 Å². The first kappa shape index (κ1) is 32.4. The maximum Gasteiger partial charge on any atom is 0.260 e. The Morgan fingerprint density at radius 1 is 0.958 bits per heavy atom. The second kappa shape index (κ2) is 14.0. The maximum absolute atomic E-state index is 13.7. The first-order valence-corrected chi connectivity index (χ1v) is 15.7. The number of amides is 3. The van der Waals surface area contributed by atoms with E-state index in [-0.39, 0.29) is 43.5 Å². The molecular weight excluding hydrogens is 618 g/mol. The SMILES string of the molecule is COc1cc2ccc1CNC(=O)CCc1ccc(OC)c(c1)OCC(=O)N[C@@H]1CN(C(=O)c3ccc4c(=O)n(C)cnc4c3)CC[C@@H]1O2.